The van der Waals surface area contributed by atoms with Crippen molar-refractivity contribution in [3.8, 4) is 5.75 Å². The van der Waals surface area contributed by atoms with Gasteiger partial charge in [-0.2, -0.15) is 4.31 Å². The van der Waals surface area contributed by atoms with E-state index >= 15 is 0 Å². The average Bonchev–Trinajstić information content (AvgIpc) is 2.93. The van der Waals surface area contributed by atoms with Crippen LogP contribution in [-0.2, 0) is 34.3 Å². The molecule has 0 unspecified atom stereocenters. The van der Waals surface area contributed by atoms with Crippen LogP contribution in [0, 0.1) is 34.6 Å². The monoisotopic (exact) mass is 585 g/mol. The van der Waals surface area contributed by atoms with Crippen LogP contribution in [0.5, 0.6) is 5.75 Å². The molecule has 4 rings (SSSR count). The van der Waals surface area contributed by atoms with Crippen molar-refractivity contribution in [1.29, 1.82) is 0 Å². The Labute approximate surface area is 250 Å². The minimum atomic E-state index is -3.93. The lowest BCUT2D eigenvalue weighted by atomic mass is 10.1. The minimum Gasteiger partial charge on any atom is -0.489 e. The Morgan fingerprint density at radius 2 is 1.29 bits per heavy atom. The molecule has 0 aromatic heterocycles. The molecule has 0 fully saturated rings. The molecule has 0 amide bonds. The number of hydrogen-bond acceptors (Lipinski definition) is 5. The third kappa shape index (κ3) is 7.87. The first kappa shape index (κ1) is 31.0. The van der Waals surface area contributed by atoms with Gasteiger partial charge in [0, 0.05) is 13.1 Å². The molecule has 6 nitrogen and oxygen atoms in total. The molecule has 4 aromatic carbocycles. The number of nitrogens with zero attached hydrogens (tertiary/aromatic N) is 1. The lowest BCUT2D eigenvalue weighted by Crippen LogP contribution is -2.33. The molecule has 0 radical (unpaired) electrons. The summed E-state index contributed by atoms with van der Waals surface area (Å²) in [5.74, 6) is 0.192. The number of aryl methyl sites for hydroxylation is 5. The van der Waals surface area contributed by atoms with Crippen LogP contribution in [0.15, 0.2) is 83.8 Å². The molecule has 0 spiro atoms. The summed E-state index contributed by atoms with van der Waals surface area (Å²) < 4.78 is 40.3. The fourth-order valence-electron chi connectivity index (χ4n) is 5.21. The van der Waals surface area contributed by atoms with E-state index in [9.17, 15) is 13.2 Å². The van der Waals surface area contributed by atoms with Crippen LogP contribution in [0.3, 0.4) is 0 Å². The normalized spacial score (nSPS) is 11.5. The fraction of sp³-hybridized carbons (Fsp3) is 0.286. The van der Waals surface area contributed by atoms with Crippen LogP contribution in [0.1, 0.15) is 54.9 Å². The molecule has 0 atom stereocenters. The third-order valence-electron chi connectivity index (χ3n) is 7.15. The Bertz CT molecular complexity index is 1640. The zero-order valence-electron chi connectivity index (χ0n) is 25.2. The van der Waals surface area contributed by atoms with Crippen LogP contribution in [0.2, 0.25) is 0 Å². The minimum absolute atomic E-state index is 0.0630. The number of esters is 1. The maximum atomic E-state index is 14.0. The maximum absolute atomic E-state index is 14.0. The van der Waals surface area contributed by atoms with Gasteiger partial charge in [-0.3, -0.25) is 0 Å². The van der Waals surface area contributed by atoms with Gasteiger partial charge in [0.05, 0.1) is 17.6 Å². The van der Waals surface area contributed by atoms with Gasteiger partial charge in [-0.05, 0) is 87.6 Å². The smallest absolute Gasteiger partial charge is 0.338 e. The van der Waals surface area contributed by atoms with E-state index in [1.54, 1.807) is 19.1 Å². The summed E-state index contributed by atoms with van der Waals surface area (Å²) in [6, 6.07) is 24.8. The fourth-order valence-corrected chi connectivity index (χ4v) is 6.67. The average molecular weight is 586 g/mol. The first-order valence-electron chi connectivity index (χ1n) is 14.0. The molecule has 0 bridgehead atoms. The lowest BCUT2D eigenvalue weighted by molar-refractivity contribution is 0.0599. The topological polar surface area (TPSA) is 72.9 Å². The Morgan fingerprint density at radius 1 is 0.714 bits per heavy atom. The second-order valence-corrected chi connectivity index (χ2v) is 12.9. The summed E-state index contributed by atoms with van der Waals surface area (Å²) in [5, 5.41) is 0. The molecule has 42 heavy (non-hydrogen) atoms. The summed E-state index contributed by atoms with van der Waals surface area (Å²) in [6.07, 6.45) is 0.511. The SMILES string of the molecule is COC(=O)c1cc(S(=O)(=O)N(CCc2ccc(OCc3cc(C)cc(C)c3)cc2)Cc2cc(C)cc(C)c2)ccc1C. The highest BCUT2D eigenvalue weighted by atomic mass is 32.2. The molecule has 0 aliphatic heterocycles. The first-order chi connectivity index (χ1) is 19.9. The molecular weight excluding hydrogens is 546 g/mol. The zero-order valence-corrected chi connectivity index (χ0v) is 26.0. The summed E-state index contributed by atoms with van der Waals surface area (Å²) >= 11 is 0. The first-order valence-corrected chi connectivity index (χ1v) is 15.4. The number of ether oxygens (including phenoxy) is 2. The second-order valence-electron chi connectivity index (χ2n) is 11.0. The van der Waals surface area contributed by atoms with Gasteiger partial charge < -0.3 is 9.47 Å². The van der Waals surface area contributed by atoms with Crippen LogP contribution >= 0.6 is 0 Å². The van der Waals surface area contributed by atoms with Crippen molar-refractivity contribution in [2.45, 2.75) is 59.1 Å². The van der Waals surface area contributed by atoms with E-state index in [2.05, 4.69) is 38.1 Å². The van der Waals surface area contributed by atoms with E-state index in [1.165, 1.54) is 28.6 Å². The highest BCUT2D eigenvalue weighted by molar-refractivity contribution is 7.89. The van der Waals surface area contributed by atoms with Crippen LogP contribution < -0.4 is 4.74 Å². The van der Waals surface area contributed by atoms with Crippen LogP contribution in [0.4, 0.5) is 0 Å². The van der Waals surface area contributed by atoms with Crippen LogP contribution in [0.25, 0.3) is 0 Å². The molecule has 0 heterocycles. The summed E-state index contributed by atoms with van der Waals surface area (Å²) in [5.41, 5.74) is 8.47. The van der Waals surface area contributed by atoms with Gasteiger partial charge in [0.1, 0.15) is 12.4 Å². The van der Waals surface area contributed by atoms with Crippen molar-refractivity contribution in [2.75, 3.05) is 13.7 Å². The Balaban J connectivity index is 1.54. The van der Waals surface area contributed by atoms with E-state index in [0.29, 0.717) is 18.6 Å². The van der Waals surface area contributed by atoms with E-state index < -0.39 is 16.0 Å². The predicted octanol–water partition coefficient (Wildman–Crippen LogP) is 7.03. The van der Waals surface area contributed by atoms with E-state index in [4.69, 9.17) is 9.47 Å². The van der Waals surface area contributed by atoms with Crippen molar-refractivity contribution >= 4 is 16.0 Å². The number of rotatable bonds is 11. The van der Waals surface area contributed by atoms with Gasteiger partial charge in [-0.1, -0.05) is 76.9 Å². The molecule has 0 aliphatic rings. The van der Waals surface area contributed by atoms with Crippen molar-refractivity contribution in [3.05, 3.63) is 129 Å². The second kappa shape index (κ2) is 13.4. The quantitative estimate of drug-likeness (QED) is 0.177. The van der Waals surface area contributed by atoms with Gasteiger partial charge in [0.15, 0.2) is 0 Å². The molecule has 4 aromatic rings. The molecule has 220 valence electrons. The highest BCUT2D eigenvalue weighted by Crippen LogP contribution is 2.24. The predicted molar refractivity (Wildman–Crippen MR) is 166 cm³/mol. The standard InChI is InChI=1S/C35H39NO5S/c1-24-15-25(2)18-30(17-24)22-36(42(38,39)33-12-7-28(5)34(21-33)35(37)40-6)14-13-29-8-10-32(11-9-29)41-23-31-19-26(3)16-27(4)20-31/h7-12,15-21H,13-14,22-23H2,1-6H3. The Morgan fingerprint density at radius 3 is 1.86 bits per heavy atom. The zero-order chi connectivity index (χ0) is 30.4. The molecule has 0 N–H and O–H groups in total. The number of carbonyl (C=O) groups is 1. The number of sulfonamides is 1. The number of benzene rings is 4. The Hall–Kier alpha value is -3.94. The molecular formula is C35H39NO5S. The number of hydrogen-bond donors (Lipinski definition) is 0. The lowest BCUT2D eigenvalue weighted by Gasteiger charge is -2.23. The van der Waals surface area contributed by atoms with Gasteiger partial charge >= 0.3 is 5.97 Å². The van der Waals surface area contributed by atoms with Gasteiger partial charge in [-0.25, -0.2) is 13.2 Å². The largest absolute Gasteiger partial charge is 0.489 e. The molecule has 0 aliphatic carbocycles. The van der Waals surface area contributed by atoms with E-state index in [0.717, 1.165) is 33.6 Å². The molecule has 0 saturated carbocycles. The van der Waals surface area contributed by atoms with Crippen molar-refractivity contribution in [3.63, 3.8) is 0 Å². The van der Waals surface area contributed by atoms with Crippen molar-refractivity contribution < 1.29 is 22.7 Å². The number of methoxy groups -OCH3 is 1. The highest BCUT2D eigenvalue weighted by Gasteiger charge is 2.26. The van der Waals surface area contributed by atoms with Gasteiger partial charge in [-0.15, -0.1) is 0 Å². The van der Waals surface area contributed by atoms with E-state index in [-0.39, 0.29) is 23.5 Å². The van der Waals surface area contributed by atoms with E-state index in [1.807, 2.05) is 50.2 Å². The summed E-state index contributed by atoms with van der Waals surface area (Å²) in [7, 11) is -2.64. The van der Waals surface area contributed by atoms with Gasteiger partial charge in [0.25, 0.3) is 0 Å². The van der Waals surface area contributed by atoms with Crippen molar-refractivity contribution in [1.82, 2.24) is 4.31 Å². The number of carbonyl (C=O) groups excluding carboxylic acids is 1. The Kier molecular flexibility index (Phi) is 9.86. The summed E-state index contributed by atoms with van der Waals surface area (Å²) in [6.45, 7) is 10.9. The maximum Gasteiger partial charge on any atom is 0.338 e. The molecule has 7 heteroatoms. The van der Waals surface area contributed by atoms with Crippen molar-refractivity contribution in [2.24, 2.45) is 0 Å². The van der Waals surface area contributed by atoms with Gasteiger partial charge in [0.2, 0.25) is 10.0 Å². The summed E-state index contributed by atoms with van der Waals surface area (Å²) in [4.78, 5) is 12.4. The van der Waals surface area contributed by atoms with Crippen LogP contribution in [-0.4, -0.2) is 32.3 Å². The third-order valence-corrected chi connectivity index (χ3v) is 8.99. The molecule has 0 saturated heterocycles.